The number of rotatable bonds is 6. The lowest BCUT2D eigenvalue weighted by atomic mass is 9.99. The van der Waals surface area contributed by atoms with Gasteiger partial charge >= 0.3 is 0 Å². The highest BCUT2D eigenvalue weighted by Gasteiger charge is 2.31. The molecule has 0 atom stereocenters. The summed E-state index contributed by atoms with van der Waals surface area (Å²) in [5.74, 6) is 2.93. The molecular formula is C21H28N4O3S3. The molecule has 2 aliphatic heterocycles. The van der Waals surface area contributed by atoms with Gasteiger partial charge in [-0.3, -0.25) is 4.79 Å². The van der Waals surface area contributed by atoms with E-state index in [9.17, 15) is 13.2 Å². The molecule has 2 aliphatic rings. The van der Waals surface area contributed by atoms with Crippen molar-refractivity contribution in [3.05, 3.63) is 40.2 Å². The molecule has 2 aromatic rings. The van der Waals surface area contributed by atoms with Crippen LogP contribution in [0.2, 0.25) is 0 Å². The van der Waals surface area contributed by atoms with Crippen LogP contribution in [0.4, 0.5) is 5.82 Å². The van der Waals surface area contributed by atoms with Crippen LogP contribution < -0.4 is 10.2 Å². The Hall–Kier alpha value is -1.62. The van der Waals surface area contributed by atoms with E-state index in [-0.39, 0.29) is 15.7 Å². The fraction of sp³-hybridized carbons (Fsp3) is 0.524. The van der Waals surface area contributed by atoms with E-state index in [2.05, 4.69) is 22.1 Å². The van der Waals surface area contributed by atoms with E-state index in [4.69, 9.17) is 0 Å². The summed E-state index contributed by atoms with van der Waals surface area (Å²) in [5, 5.41) is 4.52. The van der Waals surface area contributed by atoms with Gasteiger partial charge in [-0.25, -0.2) is 13.4 Å². The second-order valence-electron chi connectivity index (χ2n) is 8.01. The first kappa shape index (κ1) is 22.6. The standard InChI is InChI=1S/C21H28N4O3S3/c1-16-4-7-24(8-5-16)19-3-2-17(14-22-19)15-23-21(26)20-18(6-11-30-20)31(27,28)25-9-12-29-13-10-25/h2-3,6,11,14,16H,4-5,7-10,12-13,15H2,1H3,(H,23,26). The molecule has 10 heteroatoms. The maximum Gasteiger partial charge on any atom is 0.263 e. The average molecular weight is 481 g/mol. The number of piperidine rings is 1. The summed E-state index contributed by atoms with van der Waals surface area (Å²) in [4.78, 5) is 20.0. The first-order valence-corrected chi connectivity index (χ1v) is 14.1. The molecule has 4 rings (SSSR count). The number of nitrogens with zero attached hydrogens (tertiary/aromatic N) is 3. The Kier molecular flexibility index (Phi) is 7.20. The van der Waals surface area contributed by atoms with Crippen LogP contribution >= 0.6 is 23.1 Å². The van der Waals surface area contributed by atoms with Crippen molar-refractivity contribution < 1.29 is 13.2 Å². The second-order valence-corrected chi connectivity index (χ2v) is 12.1. The smallest absolute Gasteiger partial charge is 0.263 e. The lowest BCUT2D eigenvalue weighted by Gasteiger charge is -2.31. The Morgan fingerprint density at radius 2 is 1.90 bits per heavy atom. The molecular weight excluding hydrogens is 452 g/mol. The third kappa shape index (κ3) is 5.24. The Bertz CT molecular complexity index is 993. The van der Waals surface area contributed by atoms with Crippen molar-refractivity contribution >= 4 is 44.8 Å². The van der Waals surface area contributed by atoms with Crippen LogP contribution in [0.15, 0.2) is 34.7 Å². The zero-order valence-electron chi connectivity index (χ0n) is 17.6. The minimum atomic E-state index is -3.65. The highest BCUT2D eigenvalue weighted by Crippen LogP contribution is 2.27. The lowest BCUT2D eigenvalue weighted by Crippen LogP contribution is -2.38. The maximum atomic E-state index is 13.0. The van der Waals surface area contributed by atoms with Gasteiger partial charge in [0.2, 0.25) is 10.0 Å². The minimum Gasteiger partial charge on any atom is -0.357 e. The topological polar surface area (TPSA) is 82.6 Å². The Morgan fingerprint density at radius 1 is 1.16 bits per heavy atom. The predicted octanol–water partition coefficient (Wildman–Crippen LogP) is 3.05. The number of nitrogens with one attached hydrogen (secondary N) is 1. The highest BCUT2D eigenvalue weighted by molar-refractivity contribution is 7.99. The molecule has 1 N–H and O–H groups in total. The quantitative estimate of drug-likeness (QED) is 0.684. The third-order valence-corrected chi connectivity index (χ3v) is 9.72. The lowest BCUT2D eigenvalue weighted by molar-refractivity contribution is 0.0952. The summed E-state index contributed by atoms with van der Waals surface area (Å²) in [5.41, 5.74) is 0.886. The number of hydrogen-bond acceptors (Lipinski definition) is 7. The molecule has 0 unspecified atom stereocenters. The Morgan fingerprint density at radius 3 is 2.58 bits per heavy atom. The molecule has 0 radical (unpaired) electrons. The molecule has 0 aromatic carbocycles. The SMILES string of the molecule is CC1CCN(c2ccc(CNC(=O)c3sccc3S(=O)(=O)N3CCSCC3)cn2)CC1. The molecule has 4 heterocycles. The third-order valence-electron chi connectivity index (χ3n) is 5.79. The van der Waals surface area contributed by atoms with Crippen molar-refractivity contribution in [3.8, 4) is 0 Å². The number of hydrogen-bond donors (Lipinski definition) is 1. The largest absolute Gasteiger partial charge is 0.357 e. The van der Waals surface area contributed by atoms with Gasteiger partial charge < -0.3 is 10.2 Å². The van der Waals surface area contributed by atoms with Crippen LogP contribution in [0, 0.1) is 5.92 Å². The molecule has 0 aliphatic carbocycles. The van der Waals surface area contributed by atoms with Crippen LogP contribution in [0.5, 0.6) is 0 Å². The van der Waals surface area contributed by atoms with E-state index >= 15 is 0 Å². The number of thiophene rings is 1. The molecule has 168 valence electrons. The molecule has 0 spiro atoms. The number of sulfonamides is 1. The number of amides is 1. The molecule has 2 aromatic heterocycles. The number of thioether (sulfide) groups is 1. The number of pyridine rings is 1. The van der Waals surface area contributed by atoms with E-state index in [1.165, 1.54) is 23.2 Å². The van der Waals surface area contributed by atoms with Gasteiger partial charge in [0.1, 0.15) is 15.6 Å². The van der Waals surface area contributed by atoms with E-state index in [1.54, 1.807) is 23.3 Å². The van der Waals surface area contributed by atoms with Gasteiger partial charge in [-0.2, -0.15) is 16.1 Å². The van der Waals surface area contributed by atoms with Crippen molar-refractivity contribution in [2.45, 2.75) is 31.2 Å². The van der Waals surface area contributed by atoms with E-state index in [1.807, 2.05) is 12.1 Å². The number of carbonyl (C=O) groups is 1. The molecule has 2 fully saturated rings. The summed E-state index contributed by atoms with van der Waals surface area (Å²) < 4.78 is 27.4. The van der Waals surface area contributed by atoms with Crippen LogP contribution in [0.1, 0.15) is 35.0 Å². The molecule has 2 saturated heterocycles. The summed E-state index contributed by atoms with van der Waals surface area (Å²) in [7, 11) is -3.65. The van der Waals surface area contributed by atoms with Gasteiger partial charge in [0.25, 0.3) is 5.91 Å². The van der Waals surface area contributed by atoms with Crippen LogP contribution in [0.3, 0.4) is 0 Å². The minimum absolute atomic E-state index is 0.106. The van der Waals surface area contributed by atoms with Gasteiger partial charge in [-0.1, -0.05) is 13.0 Å². The molecule has 1 amide bonds. The Balaban J connectivity index is 1.38. The van der Waals surface area contributed by atoms with E-state index in [0.29, 0.717) is 19.6 Å². The van der Waals surface area contributed by atoms with Crippen molar-refractivity contribution in [2.24, 2.45) is 5.92 Å². The van der Waals surface area contributed by atoms with Gasteiger partial charge in [0.05, 0.1) is 0 Å². The molecule has 0 bridgehead atoms. The van der Waals surface area contributed by atoms with Crippen LogP contribution in [-0.4, -0.2) is 61.3 Å². The van der Waals surface area contributed by atoms with E-state index in [0.717, 1.165) is 53.2 Å². The van der Waals surface area contributed by atoms with Gasteiger partial charge in [0, 0.05) is 50.4 Å². The monoisotopic (exact) mass is 480 g/mol. The van der Waals surface area contributed by atoms with Crippen molar-refractivity contribution in [1.82, 2.24) is 14.6 Å². The fourth-order valence-corrected chi connectivity index (χ4v) is 7.69. The van der Waals surface area contributed by atoms with Gasteiger partial charge in [-0.15, -0.1) is 11.3 Å². The first-order valence-electron chi connectivity index (χ1n) is 10.6. The number of carbonyl (C=O) groups excluding carboxylic acids is 1. The van der Waals surface area contributed by atoms with Gasteiger partial charge in [-0.05, 0) is 41.8 Å². The molecule has 0 saturated carbocycles. The summed E-state index contributed by atoms with van der Waals surface area (Å²) in [6, 6.07) is 5.50. The average Bonchev–Trinajstić information content (AvgIpc) is 3.30. The highest BCUT2D eigenvalue weighted by atomic mass is 32.2. The summed E-state index contributed by atoms with van der Waals surface area (Å²) in [6.45, 7) is 5.61. The number of aromatic nitrogens is 1. The summed E-state index contributed by atoms with van der Waals surface area (Å²) in [6.07, 6.45) is 4.15. The normalized spacial score (nSPS) is 18.8. The number of anilines is 1. The summed E-state index contributed by atoms with van der Waals surface area (Å²) >= 11 is 2.91. The first-order chi connectivity index (χ1) is 14.9. The Labute approximate surface area is 192 Å². The second kappa shape index (κ2) is 9.89. The zero-order chi connectivity index (χ0) is 21.8. The maximum absolute atomic E-state index is 13.0. The van der Waals surface area contributed by atoms with Crippen molar-refractivity contribution in [2.75, 3.05) is 42.6 Å². The van der Waals surface area contributed by atoms with Crippen molar-refractivity contribution in [3.63, 3.8) is 0 Å². The predicted molar refractivity (Wildman–Crippen MR) is 126 cm³/mol. The van der Waals surface area contributed by atoms with Crippen LogP contribution in [0.25, 0.3) is 0 Å². The zero-order valence-corrected chi connectivity index (χ0v) is 20.1. The van der Waals surface area contributed by atoms with Crippen LogP contribution in [-0.2, 0) is 16.6 Å². The molecule has 7 nitrogen and oxygen atoms in total. The van der Waals surface area contributed by atoms with Crippen molar-refractivity contribution in [1.29, 1.82) is 0 Å². The van der Waals surface area contributed by atoms with E-state index < -0.39 is 10.0 Å². The van der Waals surface area contributed by atoms with Gasteiger partial charge in [0.15, 0.2) is 0 Å². The molecule has 31 heavy (non-hydrogen) atoms. The fourth-order valence-electron chi connectivity index (χ4n) is 3.80.